The molecule has 1 aromatic heterocycles. The largest absolute Gasteiger partial charge is 0.352 e. The Kier molecular flexibility index (Phi) is 9.44. The standard InChI is InChI=1S/C17H28N4O3.ClH/c1-11(2)19-14(22)10-21-13(4)16(12(3)9-15(21)23)17(24)20(6)8-7-18-5;/h9,11,18H,7-8,10H2,1-6H3,(H,19,22);1H. The van der Waals surface area contributed by atoms with E-state index in [-0.39, 0.29) is 42.4 Å². The number of hydrogen-bond acceptors (Lipinski definition) is 4. The number of rotatable bonds is 7. The van der Waals surface area contributed by atoms with Gasteiger partial charge in [0.15, 0.2) is 0 Å². The lowest BCUT2D eigenvalue weighted by atomic mass is 10.1. The number of carbonyl (C=O) groups excluding carboxylic acids is 2. The third kappa shape index (κ3) is 6.17. The predicted molar refractivity (Wildman–Crippen MR) is 102 cm³/mol. The highest BCUT2D eigenvalue weighted by molar-refractivity contribution is 5.96. The first-order valence-corrected chi connectivity index (χ1v) is 8.09. The monoisotopic (exact) mass is 372 g/mol. The van der Waals surface area contributed by atoms with Crippen molar-refractivity contribution in [2.75, 3.05) is 27.2 Å². The minimum Gasteiger partial charge on any atom is -0.352 e. The van der Waals surface area contributed by atoms with Gasteiger partial charge in [0, 0.05) is 37.9 Å². The maximum atomic E-state index is 12.7. The van der Waals surface area contributed by atoms with Gasteiger partial charge in [0.05, 0.1) is 5.56 Å². The van der Waals surface area contributed by atoms with Gasteiger partial charge in [0.2, 0.25) is 5.91 Å². The first-order valence-electron chi connectivity index (χ1n) is 8.09. The lowest BCUT2D eigenvalue weighted by molar-refractivity contribution is -0.122. The summed E-state index contributed by atoms with van der Waals surface area (Å²) in [6.45, 7) is 8.30. The molecule has 0 fully saturated rings. The number of amides is 2. The van der Waals surface area contributed by atoms with E-state index in [2.05, 4.69) is 10.6 Å². The van der Waals surface area contributed by atoms with E-state index in [9.17, 15) is 14.4 Å². The molecule has 0 spiro atoms. The van der Waals surface area contributed by atoms with Crippen LogP contribution in [0.15, 0.2) is 10.9 Å². The van der Waals surface area contributed by atoms with Crippen LogP contribution in [0.1, 0.15) is 35.5 Å². The van der Waals surface area contributed by atoms with Crippen molar-refractivity contribution in [1.82, 2.24) is 20.1 Å². The number of carbonyl (C=O) groups is 2. The molecule has 2 amide bonds. The van der Waals surface area contributed by atoms with Crippen LogP contribution < -0.4 is 16.2 Å². The Labute approximate surface area is 155 Å². The molecule has 0 unspecified atom stereocenters. The van der Waals surface area contributed by atoms with Crippen LogP contribution >= 0.6 is 12.4 Å². The van der Waals surface area contributed by atoms with Gasteiger partial charge in [-0.1, -0.05) is 0 Å². The first kappa shape index (κ1) is 23.1. The molecular formula is C17H29ClN4O3. The molecule has 1 heterocycles. The summed E-state index contributed by atoms with van der Waals surface area (Å²) in [4.78, 5) is 38.5. The van der Waals surface area contributed by atoms with E-state index in [1.54, 1.807) is 25.8 Å². The van der Waals surface area contributed by atoms with Crippen molar-refractivity contribution in [3.8, 4) is 0 Å². The van der Waals surface area contributed by atoms with Crippen LogP contribution in [0.5, 0.6) is 0 Å². The molecule has 1 aromatic rings. The van der Waals surface area contributed by atoms with Gasteiger partial charge in [0.1, 0.15) is 6.54 Å². The van der Waals surface area contributed by atoms with E-state index in [0.717, 1.165) is 0 Å². The zero-order valence-corrected chi connectivity index (χ0v) is 16.6. The Balaban J connectivity index is 0.00000576. The molecule has 0 aliphatic rings. The molecule has 25 heavy (non-hydrogen) atoms. The van der Waals surface area contributed by atoms with Crippen LogP contribution in [0.4, 0.5) is 0 Å². The Morgan fingerprint density at radius 2 is 1.88 bits per heavy atom. The highest BCUT2D eigenvalue weighted by atomic mass is 35.5. The van der Waals surface area contributed by atoms with Crippen molar-refractivity contribution in [2.45, 2.75) is 40.3 Å². The summed E-state index contributed by atoms with van der Waals surface area (Å²) in [6.07, 6.45) is 0. The van der Waals surface area contributed by atoms with Crippen LogP contribution in [-0.4, -0.2) is 54.5 Å². The van der Waals surface area contributed by atoms with Crippen LogP contribution in [-0.2, 0) is 11.3 Å². The molecule has 8 heteroatoms. The fourth-order valence-electron chi connectivity index (χ4n) is 2.52. The third-order valence-corrected chi connectivity index (χ3v) is 3.78. The molecule has 0 aromatic carbocycles. The predicted octanol–water partition coefficient (Wildman–Crippen LogP) is 0.703. The van der Waals surface area contributed by atoms with Gasteiger partial charge in [-0.05, 0) is 40.3 Å². The average molecular weight is 373 g/mol. The number of likely N-dealkylation sites (N-methyl/N-ethyl adjacent to an activating group) is 2. The van der Waals surface area contributed by atoms with Gasteiger partial charge < -0.3 is 20.1 Å². The number of aryl methyl sites for hydroxylation is 1. The maximum Gasteiger partial charge on any atom is 0.255 e. The summed E-state index contributed by atoms with van der Waals surface area (Å²) >= 11 is 0. The molecular weight excluding hydrogens is 344 g/mol. The summed E-state index contributed by atoms with van der Waals surface area (Å²) < 4.78 is 1.35. The molecule has 0 saturated heterocycles. The SMILES string of the molecule is CNCCN(C)C(=O)c1c(C)cc(=O)n(CC(=O)NC(C)C)c1C.Cl. The summed E-state index contributed by atoms with van der Waals surface area (Å²) in [7, 11) is 3.54. The van der Waals surface area contributed by atoms with Crippen LogP contribution in [0.2, 0.25) is 0 Å². The van der Waals surface area contributed by atoms with Crippen molar-refractivity contribution in [1.29, 1.82) is 0 Å². The third-order valence-electron chi connectivity index (χ3n) is 3.78. The van der Waals surface area contributed by atoms with Gasteiger partial charge in [-0.3, -0.25) is 14.4 Å². The number of halogens is 1. The van der Waals surface area contributed by atoms with Crippen LogP contribution in [0, 0.1) is 13.8 Å². The van der Waals surface area contributed by atoms with E-state index >= 15 is 0 Å². The van der Waals surface area contributed by atoms with Crippen molar-refractivity contribution in [3.05, 3.63) is 33.2 Å². The minimum absolute atomic E-state index is 0. The molecule has 0 bridgehead atoms. The van der Waals surface area contributed by atoms with Gasteiger partial charge in [-0.2, -0.15) is 0 Å². The quantitative estimate of drug-likeness (QED) is 0.738. The second-order valence-electron chi connectivity index (χ2n) is 6.26. The smallest absolute Gasteiger partial charge is 0.255 e. The molecule has 1 rings (SSSR count). The first-order chi connectivity index (χ1) is 11.2. The van der Waals surface area contributed by atoms with E-state index in [4.69, 9.17) is 0 Å². The molecule has 0 saturated carbocycles. The molecule has 0 aliphatic carbocycles. The Hall–Kier alpha value is -1.86. The molecule has 7 nitrogen and oxygen atoms in total. The normalized spacial score (nSPS) is 10.4. The topological polar surface area (TPSA) is 83.4 Å². The fourth-order valence-corrected chi connectivity index (χ4v) is 2.52. The lowest BCUT2D eigenvalue weighted by Gasteiger charge is -2.21. The van der Waals surface area contributed by atoms with Crippen molar-refractivity contribution in [2.24, 2.45) is 0 Å². The number of aromatic nitrogens is 1. The van der Waals surface area contributed by atoms with Gasteiger partial charge >= 0.3 is 0 Å². The van der Waals surface area contributed by atoms with E-state index in [1.807, 2.05) is 20.9 Å². The fraction of sp³-hybridized carbons (Fsp3) is 0.588. The van der Waals surface area contributed by atoms with Gasteiger partial charge in [-0.15, -0.1) is 12.4 Å². The Bertz CT molecular complexity index is 671. The second kappa shape index (κ2) is 10.2. The molecule has 0 radical (unpaired) electrons. The van der Waals surface area contributed by atoms with Gasteiger partial charge in [-0.25, -0.2) is 0 Å². The van der Waals surface area contributed by atoms with E-state index in [1.165, 1.54) is 10.6 Å². The summed E-state index contributed by atoms with van der Waals surface area (Å²) in [5.74, 6) is -0.403. The van der Waals surface area contributed by atoms with Crippen molar-refractivity contribution >= 4 is 24.2 Å². The Morgan fingerprint density at radius 3 is 2.40 bits per heavy atom. The summed E-state index contributed by atoms with van der Waals surface area (Å²) in [5, 5.41) is 5.75. The highest BCUT2D eigenvalue weighted by Gasteiger charge is 2.20. The number of pyridine rings is 1. The highest BCUT2D eigenvalue weighted by Crippen LogP contribution is 2.14. The van der Waals surface area contributed by atoms with Crippen molar-refractivity contribution < 1.29 is 9.59 Å². The maximum absolute atomic E-state index is 12.7. The van der Waals surface area contributed by atoms with Crippen LogP contribution in [0.25, 0.3) is 0 Å². The Morgan fingerprint density at radius 1 is 1.28 bits per heavy atom. The van der Waals surface area contributed by atoms with Crippen LogP contribution in [0.3, 0.4) is 0 Å². The van der Waals surface area contributed by atoms with Crippen molar-refractivity contribution in [3.63, 3.8) is 0 Å². The van der Waals surface area contributed by atoms with Gasteiger partial charge in [0.25, 0.3) is 11.5 Å². The molecule has 0 aliphatic heterocycles. The molecule has 0 atom stereocenters. The summed E-state index contributed by atoms with van der Waals surface area (Å²) in [6, 6.07) is 1.40. The minimum atomic E-state index is -0.279. The zero-order valence-electron chi connectivity index (χ0n) is 15.8. The van der Waals surface area contributed by atoms with E-state index < -0.39 is 0 Å². The average Bonchev–Trinajstić information content (AvgIpc) is 2.47. The van der Waals surface area contributed by atoms with E-state index in [0.29, 0.717) is 29.9 Å². The summed E-state index contributed by atoms with van der Waals surface area (Å²) in [5.41, 5.74) is 1.34. The number of nitrogens with zero attached hydrogens (tertiary/aromatic N) is 2. The zero-order chi connectivity index (χ0) is 18.4. The number of nitrogens with one attached hydrogen (secondary N) is 2. The number of hydrogen-bond donors (Lipinski definition) is 2. The molecule has 2 N–H and O–H groups in total. The lowest BCUT2D eigenvalue weighted by Crippen LogP contribution is -2.39. The second-order valence-corrected chi connectivity index (χ2v) is 6.26. The molecule has 142 valence electrons.